The maximum Gasteiger partial charge on any atom is 0.237 e. The number of benzene rings is 1. The Morgan fingerprint density at radius 1 is 1.61 bits per heavy atom. The molecule has 0 radical (unpaired) electrons. The molecule has 0 aliphatic rings. The van der Waals surface area contributed by atoms with Gasteiger partial charge in [-0.05, 0) is 43.0 Å². The van der Waals surface area contributed by atoms with Crippen molar-refractivity contribution < 1.29 is 9.18 Å². The fraction of sp³-hybridized carbons (Fsp3) is 0.357. The summed E-state index contributed by atoms with van der Waals surface area (Å²) in [7, 11) is 0. The van der Waals surface area contributed by atoms with Gasteiger partial charge in [0.05, 0.1) is 6.04 Å². The van der Waals surface area contributed by atoms with Gasteiger partial charge in [0.25, 0.3) is 0 Å². The predicted octanol–water partition coefficient (Wildman–Crippen LogP) is 1.70. The van der Waals surface area contributed by atoms with Crippen molar-refractivity contribution in [1.82, 2.24) is 5.32 Å². The van der Waals surface area contributed by atoms with Gasteiger partial charge in [0, 0.05) is 6.54 Å². The zero-order chi connectivity index (χ0) is 13.5. The van der Waals surface area contributed by atoms with Crippen LogP contribution in [0.15, 0.2) is 30.9 Å². The van der Waals surface area contributed by atoms with Gasteiger partial charge in [0.15, 0.2) is 0 Å². The van der Waals surface area contributed by atoms with Gasteiger partial charge in [-0.15, -0.1) is 6.58 Å². The number of halogens is 1. The summed E-state index contributed by atoms with van der Waals surface area (Å²) in [5.41, 5.74) is 7.53. The molecule has 4 heteroatoms. The van der Waals surface area contributed by atoms with Gasteiger partial charge >= 0.3 is 0 Å². The van der Waals surface area contributed by atoms with Crippen LogP contribution >= 0.6 is 0 Å². The Morgan fingerprint density at radius 2 is 2.33 bits per heavy atom. The second kappa shape index (κ2) is 6.91. The molecule has 0 spiro atoms. The fourth-order valence-corrected chi connectivity index (χ4v) is 1.68. The van der Waals surface area contributed by atoms with E-state index in [0.29, 0.717) is 19.4 Å². The number of nitrogens with two attached hydrogens (primary N) is 1. The molecule has 0 heterocycles. The maximum atomic E-state index is 12.9. The molecule has 0 aromatic heterocycles. The highest BCUT2D eigenvalue weighted by molar-refractivity contribution is 5.81. The molecule has 0 saturated carbocycles. The first-order valence-electron chi connectivity index (χ1n) is 5.94. The largest absolute Gasteiger partial charge is 0.354 e. The maximum absolute atomic E-state index is 12.9. The van der Waals surface area contributed by atoms with E-state index in [9.17, 15) is 9.18 Å². The molecule has 0 aliphatic carbocycles. The number of hydrogen-bond donors (Lipinski definition) is 2. The average Bonchev–Trinajstić information content (AvgIpc) is 2.32. The van der Waals surface area contributed by atoms with E-state index in [4.69, 9.17) is 5.73 Å². The minimum absolute atomic E-state index is 0.185. The molecule has 1 unspecified atom stereocenters. The smallest absolute Gasteiger partial charge is 0.237 e. The fourth-order valence-electron chi connectivity index (χ4n) is 1.68. The molecule has 18 heavy (non-hydrogen) atoms. The van der Waals surface area contributed by atoms with E-state index in [0.717, 1.165) is 11.1 Å². The molecular formula is C14H19FN2O. The molecule has 1 aromatic rings. The summed E-state index contributed by atoms with van der Waals surface area (Å²) in [4.78, 5) is 11.5. The van der Waals surface area contributed by atoms with E-state index < -0.39 is 6.04 Å². The molecule has 3 nitrogen and oxygen atoms in total. The Labute approximate surface area is 107 Å². The van der Waals surface area contributed by atoms with E-state index in [1.807, 2.05) is 6.92 Å². The Balaban J connectivity index is 2.42. The lowest BCUT2D eigenvalue weighted by Gasteiger charge is -2.11. The molecule has 0 aliphatic heterocycles. The molecule has 98 valence electrons. The van der Waals surface area contributed by atoms with Gasteiger partial charge in [-0.2, -0.15) is 0 Å². The predicted molar refractivity (Wildman–Crippen MR) is 70.6 cm³/mol. The second-order valence-corrected chi connectivity index (χ2v) is 4.24. The Kier molecular flexibility index (Phi) is 5.52. The first-order chi connectivity index (χ1) is 8.54. The summed E-state index contributed by atoms with van der Waals surface area (Å²) >= 11 is 0. The van der Waals surface area contributed by atoms with Gasteiger partial charge in [-0.3, -0.25) is 4.79 Å². The monoisotopic (exact) mass is 250 g/mol. The van der Waals surface area contributed by atoms with Crippen molar-refractivity contribution in [3.05, 3.63) is 47.8 Å². The van der Waals surface area contributed by atoms with Crippen LogP contribution in [0.3, 0.4) is 0 Å². The van der Waals surface area contributed by atoms with Crippen molar-refractivity contribution in [1.29, 1.82) is 0 Å². The van der Waals surface area contributed by atoms with E-state index in [2.05, 4.69) is 11.9 Å². The number of nitrogens with one attached hydrogen (secondary N) is 1. The van der Waals surface area contributed by atoms with Crippen molar-refractivity contribution in [3.8, 4) is 0 Å². The van der Waals surface area contributed by atoms with Crippen LogP contribution in [0.5, 0.6) is 0 Å². The lowest BCUT2D eigenvalue weighted by molar-refractivity contribution is -0.122. The number of carbonyl (C=O) groups is 1. The van der Waals surface area contributed by atoms with Crippen LogP contribution < -0.4 is 11.1 Å². The van der Waals surface area contributed by atoms with E-state index >= 15 is 0 Å². The number of rotatable bonds is 6. The molecule has 3 N–H and O–H groups in total. The standard InChI is InChI=1S/C14H19FN2O/c1-3-4-13(16)14(18)17-8-7-11-5-6-12(15)9-10(11)2/h3,5-6,9,13H,1,4,7-8,16H2,2H3,(H,17,18). The molecule has 1 rings (SSSR count). The average molecular weight is 250 g/mol. The molecule has 0 saturated heterocycles. The normalized spacial score (nSPS) is 11.9. The number of amides is 1. The van der Waals surface area contributed by atoms with E-state index in [1.54, 1.807) is 12.1 Å². The summed E-state index contributed by atoms with van der Waals surface area (Å²) in [6.45, 7) is 5.88. The number of hydrogen-bond acceptors (Lipinski definition) is 2. The highest BCUT2D eigenvalue weighted by atomic mass is 19.1. The minimum Gasteiger partial charge on any atom is -0.354 e. The number of carbonyl (C=O) groups excluding carboxylic acids is 1. The SMILES string of the molecule is C=CCC(N)C(=O)NCCc1ccc(F)cc1C. The minimum atomic E-state index is -0.545. The van der Waals surface area contributed by atoms with Crippen LogP contribution in [0.25, 0.3) is 0 Å². The topological polar surface area (TPSA) is 55.1 Å². The summed E-state index contributed by atoms with van der Waals surface area (Å²) in [5, 5.41) is 2.75. The molecule has 1 amide bonds. The van der Waals surface area contributed by atoms with E-state index in [-0.39, 0.29) is 11.7 Å². The summed E-state index contributed by atoms with van der Waals surface area (Å²) in [5.74, 6) is -0.428. The van der Waals surface area contributed by atoms with Gasteiger partial charge in [-0.1, -0.05) is 12.1 Å². The second-order valence-electron chi connectivity index (χ2n) is 4.24. The Hall–Kier alpha value is -1.68. The summed E-state index contributed by atoms with van der Waals surface area (Å²) in [6.07, 6.45) is 2.74. The summed E-state index contributed by atoms with van der Waals surface area (Å²) in [6, 6.07) is 4.10. The summed E-state index contributed by atoms with van der Waals surface area (Å²) < 4.78 is 12.9. The molecule has 1 aromatic carbocycles. The van der Waals surface area contributed by atoms with E-state index in [1.165, 1.54) is 12.1 Å². The highest BCUT2D eigenvalue weighted by Gasteiger charge is 2.10. The van der Waals surface area contributed by atoms with Crippen molar-refractivity contribution in [2.24, 2.45) is 5.73 Å². The van der Waals surface area contributed by atoms with Crippen molar-refractivity contribution >= 4 is 5.91 Å². The molecule has 0 bridgehead atoms. The lowest BCUT2D eigenvalue weighted by atomic mass is 10.1. The van der Waals surface area contributed by atoms with Crippen LogP contribution in [-0.4, -0.2) is 18.5 Å². The number of aryl methyl sites for hydroxylation is 1. The zero-order valence-corrected chi connectivity index (χ0v) is 10.6. The quantitative estimate of drug-likeness (QED) is 0.755. The van der Waals surface area contributed by atoms with Crippen LogP contribution in [-0.2, 0) is 11.2 Å². The third kappa shape index (κ3) is 4.30. The first kappa shape index (κ1) is 14.4. The van der Waals surface area contributed by atoms with Crippen molar-refractivity contribution in [2.45, 2.75) is 25.8 Å². The van der Waals surface area contributed by atoms with Crippen molar-refractivity contribution in [2.75, 3.05) is 6.54 Å². The third-order valence-corrected chi connectivity index (χ3v) is 2.76. The van der Waals surface area contributed by atoms with Crippen LogP contribution in [0.1, 0.15) is 17.5 Å². The first-order valence-corrected chi connectivity index (χ1v) is 5.94. The Morgan fingerprint density at radius 3 is 2.94 bits per heavy atom. The van der Waals surface area contributed by atoms with Crippen LogP contribution in [0, 0.1) is 12.7 Å². The highest BCUT2D eigenvalue weighted by Crippen LogP contribution is 2.10. The van der Waals surface area contributed by atoms with Gasteiger partial charge < -0.3 is 11.1 Å². The van der Waals surface area contributed by atoms with Gasteiger partial charge in [0.2, 0.25) is 5.91 Å². The molecule has 1 atom stereocenters. The van der Waals surface area contributed by atoms with Crippen LogP contribution in [0.4, 0.5) is 4.39 Å². The van der Waals surface area contributed by atoms with Crippen LogP contribution in [0.2, 0.25) is 0 Å². The van der Waals surface area contributed by atoms with Gasteiger partial charge in [0.1, 0.15) is 5.82 Å². The molecule has 0 fully saturated rings. The van der Waals surface area contributed by atoms with Gasteiger partial charge in [-0.25, -0.2) is 4.39 Å². The lowest BCUT2D eigenvalue weighted by Crippen LogP contribution is -2.41. The van der Waals surface area contributed by atoms with Crippen molar-refractivity contribution in [3.63, 3.8) is 0 Å². The third-order valence-electron chi connectivity index (χ3n) is 2.76. The molecular weight excluding hydrogens is 231 g/mol. The zero-order valence-electron chi connectivity index (χ0n) is 10.6. The Bertz CT molecular complexity index is 432.